The summed E-state index contributed by atoms with van der Waals surface area (Å²) in [5.74, 6) is 3.71. The fraction of sp³-hybridized carbons (Fsp3) is 0.647. The first-order valence-electron chi connectivity index (χ1n) is 7.79. The highest BCUT2D eigenvalue weighted by atomic mass is 16.1. The van der Waals surface area contributed by atoms with Gasteiger partial charge in [-0.15, -0.1) is 0 Å². The summed E-state index contributed by atoms with van der Waals surface area (Å²) in [6, 6.07) is 2.17. The maximum atomic E-state index is 12.0. The van der Waals surface area contributed by atoms with Gasteiger partial charge in [0, 0.05) is 6.20 Å². The number of aromatic amines is 1. The Morgan fingerprint density at radius 3 is 2.30 bits per heavy atom. The Balaban J connectivity index is 1.84. The molecule has 4 aliphatic rings. The van der Waals surface area contributed by atoms with Gasteiger partial charge in [-0.1, -0.05) is 0 Å². The van der Waals surface area contributed by atoms with Gasteiger partial charge >= 0.3 is 0 Å². The monoisotopic (exact) mass is 268 g/mol. The Bertz CT molecular complexity index is 624. The Morgan fingerprint density at radius 2 is 1.75 bits per heavy atom. The van der Waals surface area contributed by atoms with Crippen LogP contribution in [-0.4, -0.2) is 4.98 Å². The lowest BCUT2D eigenvalue weighted by molar-refractivity contribution is -0.00312. The van der Waals surface area contributed by atoms with E-state index < -0.39 is 0 Å². The van der Waals surface area contributed by atoms with E-state index >= 15 is 0 Å². The summed E-state index contributed by atoms with van der Waals surface area (Å²) in [5, 5.41) is 9.41. The number of hydrogen-bond acceptors (Lipinski definition) is 2. The van der Waals surface area contributed by atoms with E-state index in [2.05, 4.69) is 11.1 Å². The summed E-state index contributed by atoms with van der Waals surface area (Å²) in [4.78, 5) is 14.7. The van der Waals surface area contributed by atoms with Crippen molar-refractivity contribution in [1.29, 1.82) is 5.26 Å². The van der Waals surface area contributed by atoms with E-state index in [1.165, 1.54) is 32.1 Å². The summed E-state index contributed by atoms with van der Waals surface area (Å²) < 4.78 is 0. The molecule has 0 aliphatic heterocycles. The first kappa shape index (κ1) is 12.2. The van der Waals surface area contributed by atoms with Gasteiger partial charge in [0.25, 0.3) is 5.56 Å². The topological polar surface area (TPSA) is 56.6 Å². The minimum Gasteiger partial charge on any atom is -0.328 e. The van der Waals surface area contributed by atoms with Crippen molar-refractivity contribution >= 4 is 0 Å². The normalized spacial score (nSPS) is 37.9. The summed E-state index contributed by atoms with van der Waals surface area (Å²) in [7, 11) is 0. The molecule has 4 bridgehead atoms. The SMILES string of the molecule is Cc1c[nH]c(=O)c(C#N)c1C1C2CC3CC(C2)CC1C3. The van der Waals surface area contributed by atoms with Crippen molar-refractivity contribution in [2.24, 2.45) is 23.7 Å². The third-order valence-corrected chi connectivity index (χ3v) is 6.01. The van der Waals surface area contributed by atoms with Crippen LogP contribution in [0.15, 0.2) is 11.0 Å². The van der Waals surface area contributed by atoms with E-state index in [0.717, 1.165) is 23.0 Å². The Hall–Kier alpha value is -1.56. The molecule has 4 aliphatic carbocycles. The molecule has 1 aromatic rings. The molecule has 20 heavy (non-hydrogen) atoms. The van der Waals surface area contributed by atoms with Crippen LogP contribution < -0.4 is 5.56 Å². The van der Waals surface area contributed by atoms with E-state index in [1.807, 2.05) is 6.92 Å². The van der Waals surface area contributed by atoms with E-state index in [0.29, 0.717) is 23.3 Å². The number of rotatable bonds is 1. The number of H-pyrrole nitrogens is 1. The number of aryl methyl sites for hydroxylation is 1. The minimum atomic E-state index is -0.207. The second kappa shape index (κ2) is 4.22. The van der Waals surface area contributed by atoms with Gasteiger partial charge in [0.15, 0.2) is 0 Å². The van der Waals surface area contributed by atoms with Gasteiger partial charge in [-0.05, 0) is 79.7 Å². The van der Waals surface area contributed by atoms with E-state index in [4.69, 9.17) is 0 Å². The van der Waals surface area contributed by atoms with Gasteiger partial charge in [-0.3, -0.25) is 4.79 Å². The molecule has 0 aromatic carbocycles. The van der Waals surface area contributed by atoms with Crippen LogP contribution >= 0.6 is 0 Å². The standard InChI is InChI=1S/C17H20N2O/c1-9-8-19-17(20)14(7-18)15(9)16-12-3-10-2-11(5-12)6-13(16)4-10/h8,10-13,16H,2-6H2,1H3,(H,19,20). The average Bonchev–Trinajstić information content (AvgIpc) is 2.41. The van der Waals surface area contributed by atoms with Crippen LogP contribution in [0.3, 0.4) is 0 Å². The van der Waals surface area contributed by atoms with E-state index in [1.54, 1.807) is 6.20 Å². The van der Waals surface area contributed by atoms with E-state index in [9.17, 15) is 10.1 Å². The predicted molar refractivity (Wildman–Crippen MR) is 76.3 cm³/mol. The molecule has 5 rings (SSSR count). The van der Waals surface area contributed by atoms with E-state index in [-0.39, 0.29) is 5.56 Å². The van der Waals surface area contributed by atoms with Gasteiger partial charge in [0.05, 0.1) is 0 Å². The zero-order valence-corrected chi connectivity index (χ0v) is 11.9. The largest absolute Gasteiger partial charge is 0.328 e. The summed E-state index contributed by atoms with van der Waals surface area (Å²) in [5.41, 5.74) is 2.34. The molecule has 0 radical (unpaired) electrons. The molecule has 3 heteroatoms. The molecule has 1 heterocycles. The van der Waals surface area contributed by atoms with Crippen LogP contribution in [0, 0.1) is 41.9 Å². The van der Waals surface area contributed by atoms with Crippen LogP contribution in [0.2, 0.25) is 0 Å². The van der Waals surface area contributed by atoms with Gasteiger partial charge in [-0.25, -0.2) is 0 Å². The van der Waals surface area contributed by atoms with Crippen molar-refractivity contribution in [3.8, 4) is 6.07 Å². The fourth-order valence-electron chi connectivity index (χ4n) is 5.58. The lowest BCUT2D eigenvalue weighted by atomic mass is 9.50. The summed E-state index contributed by atoms with van der Waals surface area (Å²) >= 11 is 0. The van der Waals surface area contributed by atoms with Crippen molar-refractivity contribution in [2.75, 3.05) is 0 Å². The Labute approximate surface area is 119 Å². The van der Waals surface area contributed by atoms with Gasteiger partial charge in [-0.2, -0.15) is 5.26 Å². The van der Waals surface area contributed by atoms with Crippen molar-refractivity contribution in [3.63, 3.8) is 0 Å². The second-order valence-electron chi connectivity index (χ2n) is 7.16. The van der Waals surface area contributed by atoms with Crippen LogP contribution in [0.5, 0.6) is 0 Å². The number of aromatic nitrogens is 1. The highest BCUT2D eigenvalue weighted by Gasteiger charge is 2.49. The van der Waals surface area contributed by atoms with Crippen molar-refractivity contribution in [2.45, 2.75) is 44.9 Å². The molecule has 4 saturated carbocycles. The van der Waals surface area contributed by atoms with Crippen molar-refractivity contribution in [1.82, 2.24) is 4.98 Å². The quantitative estimate of drug-likeness (QED) is 0.851. The third kappa shape index (κ3) is 1.60. The molecule has 104 valence electrons. The molecule has 0 saturated heterocycles. The minimum absolute atomic E-state index is 0.207. The molecular formula is C17H20N2O. The average molecular weight is 268 g/mol. The molecule has 3 nitrogen and oxygen atoms in total. The second-order valence-corrected chi connectivity index (χ2v) is 7.16. The van der Waals surface area contributed by atoms with Crippen LogP contribution in [0.4, 0.5) is 0 Å². The first-order chi connectivity index (χ1) is 9.67. The van der Waals surface area contributed by atoms with Gasteiger partial charge < -0.3 is 4.98 Å². The molecule has 0 atom stereocenters. The van der Waals surface area contributed by atoms with Crippen molar-refractivity contribution in [3.05, 3.63) is 33.2 Å². The maximum absolute atomic E-state index is 12.0. The Kier molecular flexibility index (Phi) is 2.57. The summed E-state index contributed by atoms with van der Waals surface area (Å²) in [6.07, 6.45) is 8.48. The number of pyridine rings is 1. The molecular weight excluding hydrogens is 248 g/mol. The molecule has 4 fully saturated rings. The maximum Gasteiger partial charge on any atom is 0.266 e. The zero-order valence-electron chi connectivity index (χ0n) is 11.9. The van der Waals surface area contributed by atoms with Gasteiger partial charge in [0.1, 0.15) is 11.6 Å². The number of nitriles is 1. The van der Waals surface area contributed by atoms with Gasteiger partial charge in [0.2, 0.25) is 0 Å². The summed E-state index contributed by atoms with van der Waals surface area (Å²) in [6.45, 7) is 2.04. The number of nitrogens with one attached hydrogen (secondary N) is 1. The predicted octanol–water partition coefficient (Wildman–Crippen LogP) is 3.09. The molecule has 0 unspecified atom stereocenters. The highest BCUT2D eigenvalue weighted by Crippen LogP contribution is 2.60. The molecule has 1 aromatic heterocycles. The number of nitrogens with zero attached hydrogens (tertiary/aromatic N) is 1. The van der Waals surface area contributed by atoms with Crippen LogP contribution in [0.25, 0.3) is 0 Å². The molecule has 0 amide bonds. The fourth-order valence-corrected chi connectivity index (χ4v) is 5.58. The highest BCUT2D eigenvalue weighted by molar-refractivity contribution is 5.43. The molecule has 1 N–H and O–H groups in total. The smallest absolute Gasteiger partial charge is 0.266 e. The lowest BCUT2D eigenvalue weighted by Gasteiger charge is -2.55. The number of hydrogen-bond donors (Lipinski definition) is 1. The first-order valence-corrected chi connectivity index (χ1v) is 7.79. The Morgan fingerprint density at radius 1 is 1.15 bits per heavy atom. The van der Waals surface area contributed by atoms with Crippen LogP contribution in [-0.2, 0) is 0 Å². The lowest BCUT2D eigenvalue weighted by Crippen LogP contribution is -2.44. The van der Waals surface area contributed by atoms with Crippen LogP contribution in [0.1, 0.15) is 54.7 Å². The zero-order chi connectivity index (χ0) is 13.9. The van der Waals surface area contributed by atoms with Crippen molar-refractivity contribution < 1.29 is 0 Å². The molecule has 0 spiro atoms. The third-order valence-electron chi connectivity index (χ3n) is 6.01.